The van der Waals surface area contributed by atoms with E-state index in [1.807, 2.05) is 48.5 Å². The molecule has 0 radical (unpaired) electrons. The van der Waals surface area contributed by atoms with Gasteiger partial charge in [-0.15, -0.1) is 6.42 Å². The number of benzene rings is 1. The van der Waals surface area contributed by atoms with Crippen LogP contribution < -0.4 is 9.47 Å². The molecular weight excluding hydrogens is 288 g/mol. The van der Waals surface area contributed by atoms with Gasteiger partial charge in [-0.25, -0.2) is 9.97 Å². The van der Waals surface area contributed by atoms with Crippen molar-refractivity contribution >= 4 is 0 Å². The molecule has 0 atom stereocenters. The van der Waals surface area contributed by atoms with E-state index in [4.69, 9.17) is 15.9 Å². The van der Waals surface area contributed by atoms with Crippen molar-refractivity contribution in [2.45, 2.75) is 0 Å². The third kappa shape index (κ3) is 3.14. The van der Waals surface area contributed by atoms with Crippen LogP contribution in [0.4, 0.5) is 0 Å². The van der Waals surface area contributed by atoms with Crippen molar-refractivity contribution in [3.63, 3.8) is 0 Å². The number of pyridine rings is 2. The van der Waals surface area contributed by atoms with Gasteiger partial charge < -0.3 is 9.47 Å². The second-order valence-electron chi connectivity index (χ2n) is 4.69. The van der Waals surface area contributed by atoms with Gasteiger partial charge in [0.05, 0.1) is 7.11 Å². The van der Waals surface area contributed by atoms with E-state index in [0.29, 0.717) is 17.5 Å². The average Bonchev–Trinajstić information content (AvgIpc) is 2.63. The monoisotopic (exact) mass is 302 g/mol. The Bertz CT molecular complexity index is 852. The molecule has 4 nitrogen and oxygen atoms in total. The molecule has 4 heteroatoms. The summed E-state index contributed by atoms with van der Waals surface area (Å²) in [5.41, 5.74) is 2.42. The van der Waals surface area contributed by atoms with Crippen LogP contribution in [0.1, 0.15) is 5.56 Å². The first-order valence-corrected chi connectivity index (χ1v) is 7.00. The summed E-state index contributed by atoms with van der Waals surface area (Å²) in [6, 6.07) is 14.8. The van der Waals surface area contributed by atoms with Gasteiger partial charge in [-0.1, -0.05) is 5.92 Å². The molecule has 0 aliphatic rings. The summed E-state index contributed by atoms with van der Waals surface area (Å²) in [7, 11) is 1.58. The molecule has 0 fully saturated rings. The third-order valence-electron chi connectivity index (χ3n) is 3.26. The first kappa shape index (κ1) is 14.6. The summed E-state index contributed by atoms with van der Waals surface area (Å²) in [4.78, 5) is 8.54. The van der Waals surface area contributed by atoms with Gasteiger partial charge in [0.15, 0.2) is 0 Å². The predicted molar refractivity (Wildman–Crippen MR) is 88.5 cm³/mol. The number of ether oxygens (including phenoxy) is 2. The van der Waals surface area contributed by atoms with Crippen LogP contribution in [0.2, 0.25) is 0 Å². The second-order valence-corrected chi connectivity index (χ2v) is 4.69. The highest BCUT2D eigenvalue weighted by molar-refractivity contribution is 5.73. The quantitative estimate of drug-likeness (QED) is 0.685. The SMILES string of the molecule is C#Cc1ccc(Oc2ncccc2-c2cccnc2OC)cc1. The lowest BCUT2D eigenvalue weighted by Crippen LogP contribution is -1.95. The van der Waals surface area contributed by atoms with Gasteiger partial charge in [0.25, 0.3) is 0 Å². The van der Waals surface area contributed by atoms with Crippen molar-refractivity contribution < 1.29 is 9.47 Å². The molecule has 23 heavy (non-hydrogen) atoms. The lowest BCUT2D eigenvalue weighted by Gasteiger charge is -2.12. The lowest BCUT2D eigenvalue weighted by molar-refractivity contribution is 0.399. The molecule has 0 unspecified atom stereocenters. The second kappa shape index (κ2) is 6.63. The minimum atomic E-state index is 0.479. The molecule has 0 spiro atoms. The molecule has 0 amide bonds. The zero-order chi connectivity index (χ0) is 16.1. The Hall–Kier alpha value is -3.32. The number of rotatable bonds is 4. The van der Waals surface area contributed by atoms with Gasteiger partial charge in [-0.2, -0.15) is 0 Å². The summed E-state index contributed by atoms with van der Waals surface area (Å²) < 4.78 is 11.2. The average molecular weight is 302 g/mol. The highest BCUT2D eigenvalue weighted by Crippen LogP contribution is 2.35. The normalized spacial score (nSPS) is 9.91. The molecule has 0 saturated heterocycles. The largest absolute Gasteiger partial charge is 0.481 e. The van der Waals surface area contributed by atoms with Crippen LogP contribution in [0.25, 0.3) is 11.1 Å². The minimum Gasteiger partial charge on any atom is -0.481 e. The van der Waals surface area contributed by atoms with E-state index in [0.717, 1.165) is 16.7 Å². The van der Waals surface area contributed by atoms with Crippen molar-refractivity contribution in [1.29, 1.82) is 0 Å². The van der Waals surface area contributed by atoms with E-state index >= 15 is 0 Å². The maximum atomic E-state index is 5.90. The maximum absolute atomic E-state index is 5.90. The van der Waals surface area contributed by atoms with Crippen molar-refractivity contribution in [3.05, 3.63) is 66.5 Å². The Labute approximate surface area is 134 Å². The van der Waals surface area contributed by atoms with Crippen molar-refractivity contribution in [2.24, 2.45) is 0 Å². The van der Waals surface area contributed by atoms with Crippen molar-refractivity contribution in [1.82, 2.24) is 9.97 Å². The van der Waals surface area contributed by atoms with Crippen LogP contribution >= 0.6 is 0 Å². The van der Waals surface area contributed by atoms with Crippen LogP contribution in [0.3, 0.4) is 0 Å². The van der Waals surface area contributed by atoms with E-state index in [9.17, 15) is 0 Å². The molecule has 3 rings (SSSR count). The van der Waals surface area contributed by atoms with Gasteiger partial charge in [0, 0.05) is 29.1 Å². The molecular formula is C19H14N2O2. The predicted octanol–water partition coefficient (Wildman–Crippen LogP) is 3.93. The highest BCUT2D eigenvalue weighted by atomic mass is 16.5. The van der Waals surface area contributed by atoms with Gasteiger partial charge in [-0.3, -0.25) is 0 Å². The molecule has 2 aromatic heterocycles. The summed E-state index contributed by atoms with van der Waals surface area (Å²) in [5, 5.41) is 0. The number of hydrogen-bond acceptors (Lipinski definition) is 4. The summed E-state index contributed by atoms with van der Waals surface area (Å²) in [5.74, 6) is 4.23. The van der Waals surface area contributed by atoms with Crippen LogP contribution in [0.5, 0.6) is 17.5 Å². The Balaban J connectivity index is 1.99. The Morgan fingerprint density at radius 1 is 0.870 bits per heavy atom. The molecule has 2 heterocycles. The van der Waals surface area contributed by atoms with E-state index < -0.39 is 0 Å². The fraction of sp³-hybridized carbons (Fsp3) is 0.0526. The number of aromatic nitrogens is 2. The molecule has 0 aliphatic carbocycles. The third-order valence-corrected chi connectivity index (χ3v) is 3.26. The fourth-order valence-corrected chi connectivity index (χ4v) is 2.17. The Morgan fingerprint density at radius 3 is 2.09 bits per heavy atom. The summed E-state index contributed by atoms with van der Waals surface area (Å²) in [6.07, 6.45) is 8.72. The highest BCUT2D eigenvalue weighted by Gasteiger charge is 2.13. The standard InChI is InChI=1S/C19H14N2O2/c1-3-14-8-10-15(11-9-14)23-19-17(7-5-13-21-19)16-6-4-12-20-18(16)22-2/h1,4-13H,2H3. The first-order chi connectivity index (χ1) is 11.3. The lowest BCUT2D eigenvalue weighted by atomic mass is 10.1. The number of terminal acetylenes is 1. The Morgan fingerprint density at radius 2 is 1.48 bits per heavy atom. The van der Waals surface area contributed by atoms with Gasteiger partial charge in [0.1, 0.15) is 5.75 Å². The molecule has 112 valence electrons. The van der Waals surface area contributed by atoms with Gasteiger partial charge in [0.2, 0.25) is 11.8 Å². The summed E-state index contributed by atoms with van der Waals surface area (Å²) in [6.45, 7) is 0. The maximum Gasteiger partial charge on any atom is 0.227 e. The zero-order valence-corrected chi connectivity index (χ0v) is 12.6. The number of methoxy groups -OCH3 is 1. The number of nitrogens with zero attached hydrogens (tertiary/aromatic N) is 2. The van der Waals surface area contributed by atoms with Crippen molar-refractivity contribution in [2.75, 3.05) is 7.11 Å². The van der Waals surface area contributed by atoms with E-state index in [2.05, 4.69) is 15.9 Å². The topological polar surface area (TPSA) is 44.2 Å². The number of hydrogen-bond donors (Lipinski definition) is 0. The van der Waals surface area contributed by atoms with E-state index in [-0.39, 0.29) is 0 Å². The molecule has 1 aromatic carbocycles. The molecule has 0 saturated carbocycles. The molecule has 3 aromatic rings. The van der Waals surface area contributed by atoms with E-state index in [1.165, 1.54) is 0 Å². The fourth-order valence-electron chi connectivity index (χ4n) is 2.17. The van der Waals surface area contributed by atoms with Gasteiger partial charge in [-0.05, 0) is 48.5 Å². The van der Waals surface area contributed by atoms with Gasteiger partial charge >= 0.3 is 0 Å². The van der Waals surface area contributed by atoms with Crippen LogP contribution in [-0.4, -0.2) is 17.1 Å². The smallest absolute Gasteiger partial charge is 0.227 e. The van der Waals surface area contributed by atoms with E-state index in [1.54, 1.807) is 19.5 Å². The minimum absolute atomic E-state index is 0.479. The molecule has 0 N–H and O–H groups in total. The summed E-state index contributed by atoms with van der Waals surface area (Å²) >= 11 is 0. The Kier molecular flexibility index (Phi) is 4.21. The molecule has 0 bridgehead atoms. The molecule has 0 aliphatic heterocycles. The zero-order valence-electron chi connectivity index (χ0n) is 12.6. The first-order valence-electron chi connectivity index (χ1n) is 7.00. The van der Waals surface area contributed by atoms with Crippen LogP contribution in [-0.2, 0) is 0 Å². The van der Waals surface area contributed by atoms with Crippen LogP contribution in [0.15, 0.2) is 60.9 Å². The van der Waals surface area contributed by atoms with Crippen LogP contribution in [0, 0.1) is 12.3 Å². The van der Waals surface area contributed by atoms with Crippen molar-refractivity contribution in [3.8, 4) is 41.0 Å².